The first kappa shape index (κ1) is 15.8. The third-order valence-corrected chi connectivity index (χ3v) is 5.60. The largest absolute Gasteiger partial charge is 0.496 e. The Morgan fingerprint density at radius 1 is 1.35 bits per heavy atom. The molecule has 0 fully saturated rings. The summed E-state index contributed by atoms with van der Waals surface area (Å²) >= 11 is 3.63. The van der Waals surface area contributed by atoms with Gasteiger partial charge in [0.1, 0.15) is 5.76 Å². The first-order chi connectivity index (χ1) is 9.43. The number of allylic oxidation sites excluding steroid dienone is 3. The number of hydrogen-bond acceptors (Lipinski definition) is 2. The summed E-state index contributed by atoms with van der Waals surface area (Å²) in [7, 11) is 3.99. The van der Waals surface area contributed by atoms with Gasteiger partial charge in [-0.05, 0) is 67.6 Å². The first-order valence-corrected chi connectivity index (χ1v) is 8.23. The zero-order chi connectivity index (χ0) is 14.9. The van der Waals surface area contributed by atoms with E-state index in [9.17, 15) is 0 Å². The SMILES string of the molecule is COC1=CC(C)C(CC2C(C)=C(C)CCN2C)C=C1Br. The van der Waals surface area contributed by atoms with E-state index in [1.54, 1.807) is 18.3 Å². The van der Waals surface area contributed by atoms with E-state index in [-0.39, 0.29) is 0 Å². The Morgan fingerprint density at radius 2 is 2.05 bits per heavy atom. The van der Waals surface area contributed by atoms with Crippen LogP contribution in [0, 0.1) is 11.8 Å². The molecule has 112 valence electrons. The number of halogens is 1. The van der Waals surface area contributed by atoms with E-state index in [1.165, 1.54) is 19.4 Å². The second kappa shape index (κ2) is 6.48. The zero-order valence-corrected chi connectivity index (χ0v) is 14.8. The van der Waals surface area contributed by atoms with Crippen molar-refractivity contribution in [2.45, 2.75) is 39.7 Å². The maximum absolute atomic E-state index is 5.40. The lowest BCUT2D eigenvalue weighted by molar-refractivity contribution is 0.217. The third kappa shape index (κ3) is 3.20. The molecular formula is C17H26BrNO. The van der Waals surface area contributed by atoms with Crippen LogP contribution in [0.2, 0.25) is 0 Å². The van der Waals surface area contributed by atoms with Crippen LogP contribution in [0.25, 0.3) is 0 Å². The highest BCUT2D eigenvalue weighted by Gasteiger charge is 2.29. The van der Waals surface area contributed by atoms with Gasteiger partial charge in [-0.2, -0.15) is 0 Å². The predicted molar refractivity (Wildman–Crippen MR) is 88.8 cm³/mol. The van der Waals surface area contributed by atoms with Crippen LogP contribution in [-0.4, -0.2) is 31.6 Å². The highest BCUT2D eigenvalue weighted by Crippen LogP contribution is 2.36. The zero-order valence-electron chi connectivity index (χ0n) is 13.2. The highest BCUT2D eigenvalue weighted by molar-refractivity contribution is 9.11. The van der Waals surface area contributed by atoms with E-state index in [1.807, 2.05) is 0 Å². The molecule has 2 nitrogen and oxygen atoms in total. The Hall–Kier alpha value is -0.540. The summed E-state index contributed by atoms with van der Waals surface area (Å²) in [5.74, 6) is 2.06. The molecule has 3 unspecified atom stereocenters. The smallest absolute Gasteiger partial charge is 0.129 e. The van der Waals surface area contributed by atoms with Gasteiger partial charge in [0.15, 0.2) is 0 Å². The molecular weight excluding hydrogens is 314 g/mol. The van der Waals surface area contributed by atoms with Gasteiger partial charge in [0.05, 0.1) is 11.6 Å². The Balaban J connectivity index is 2.14. The molecule has 0 spiro atoms. The van der Waals surface area contributed by atoms with Crippen LogP contribution in [-0.2, 0) is 4.74 Å². The summed E-state index contributed by atoms with van der Waals surface area (Å²) in [6.45, 7) is 8.06. The summed E-state index contributed by atoms with van der Waals surface area (Å²) in [5.41, 5.74) is 3.14. The summed E-state index contributed by atoms with van der Waals surface area (Å²) in [4.78, 5) is 2.51. The molecule has 1 aliphatic carbocycles. The van der Waals surface area contributed by atoms with Crippen LogP contribution in [0.4, 0.5) is 0 Å². The van der Waals surface area contributed by atoms with Crippen LogP contribution in [0.3, 0.4) is 0 Å². The van der Waals surface area contributed by atoms with E-state index in [4.69, 9.17) is 4.74 Å². The topological polar surface area (TPSA) is 12.5 Å². The lowest BCUT2D eigenvalue weighted by Crippen LogP contribution is -2.39. The average molecular weight is 340 g/mol. The fourth-order valence-electron chi connectivity index (χ4n) is 3.24. The number of nitrogens with zero attached hydrogens (tertiary/aromatic N) is 1. The molecule has 3 atom stereocenters. The van der Waals surface area contributed by atoms with E-state index in [2.05, 4.69) is 60.8 Å². The molecule has 1 heterocycles. The number of likely N-dealkylation sites (N-methyl/N-ethyl adjacent to an activating group) is 1. The maximum atomic E-state index is 5.40. The predicted octanol–water partition coefficient (Wildman–Crippen LogP) is 4.49. The lowest BCUT2D eigenvalue weighted by atomic mass is 9.81. The number of ether oxygens (including phenoxy) is 1. The molecule has 0 aromatic heterocycles. The van der Waals surface area contributed by atoms with Gasteiger partial charge >= 0.3 is 0 Å². The maximum Gasteiger partial charge on any atom is 0.129 e. The van der Waals surface area contributed by atoms with Crippen LogP contribution >= 0.6 is 15.9 Å². The fraction of sp³-hybridized carbons (Fsp3) is 0.647. The summed E-state index contributed by atoms with van der Waals surface area (Å²) in [6.07, 6.45) is 6.97. The van der Waals surface area contributed by atoms with Crippen molar-refractivity contribution in [1.82, 2.24) is 4.90 Å². The lowest BCUT2D eigenvalue weighted by Gasteiger charge is -2.38. The first-order valence-electron chi connectivity index (χ1n) is 7.44. The molecule has 0 saturated heterocycles. The van der Waals surface area contributed by atoms with Gasteiger partial charge in [0.25, 0.3) is 0 Å². The second-order valence-corrected chi connectivity index (χ2v) is 7.07. The van der Waals surface area contributed by atoms with Crippen molar-refractivity contribution in [3.05, 3.63) is 33.5 Å². The van der Waals surface area contributed by atoms with Gasteiger partial charge in [-0.15, -0.1) is 0 Å². The molecule has 3 heteroatoms. The van der Waals surface area contributed by atoms with Crippen LogP contribution < -0.4 is 0 Å². The third-order valence-electron chi connectivity index (χ3n) is 4.95. The Labute approximate surface area is 131 Å². The molecule has 2 aliphatic rings. The van der Waals surface area contributed by atoms with Crippen molar-refractivity contribution in [2.24, 2.45) is 11.8 Å². The molecule has 0 saturated carbocycles. The van der Waals surface area contributed by atoms with E-state index >= 15 is 0 Å². The van der Waals surface area contributed by atoms with Gasteiger partial charge < -0.3 is 4.74 Å². The molecule has 0 aromatic carbocycles. The Bertz CT molecular complexity index is 464. The van der Waals surface area contributed by atoms with Gasteiger partial charge in [-0.3, -0.25) is 4.90 Å². The van der Waals surface area contributed by atoms with Crippen molar-refractivity contribution in [1.29, 1.82) is 0 Å². The fourth-order valence-corrected chi connectivity index (χ4v) is 3.87. The van der Waals surface area contributed by atoms with Gasteiger partial charge in [0, 0.05) is 12.6 Å². The second-order valence-electron chi connectivity index (χ2n) is 6.22. The van der Waals surface area contributed by atoms with Crippen LogP contribution in [0.15, 0.2) is 33.5 Å². The van der Waals surface area contributed by atoms with Gasteiger partial charge in [-0.1, -0.05) is 24.1 Å². The minimum atomic E-state index is 0.523. The van der Waals surface area contributed by atoms with Crippen molar-refractivity contribution >= 4 is 15.9 Å². The van der Waals surface area contributed by atoms with Gasteiger partial charge in [-0.25, -0.2) is 0 Å². The molecule has 0 amide bonds. The molecule has 0 N–H and O–H groups in total. The van der Waals surface area contributed by atoms with Crippen molar-refractivity contribution in [3.8, 4) is 0 Å². The normalized spacial score (nSPS) is 32.0. The monoisotopic (exact) mass is 339 g/mol. The van der Waals surface area contributed by atoms with Gasteiger partial charge in [0.2, 0.25) is 0 Å². The summed E-state index contributed by atoms with van der Waals surface area (Å²) in [6, 6.07) is 0.574. The Kier molecular flexibility index (Phi) is 5.14. The van der Waals surface area contributed by atoms with Crippen molar-refractivity contribution in [3.63, 3.8) is 0 Å². The van der Waals surface area contributed by atoms with Crippen LogP contribution in [0.1, 0.15) is 33.6 Å². The van der Waals surface area contributed by atoms with E-state index < -0.39 is 0 Å². The highest BCUT2D eigenvalue weighted by atomic mass is 79.9. The minimum absolute atomic E-state index is 0.523. The molecule has 2 rings (SSSR count). The molecule has 0 radical (unpaired) electrons. The molecule has 20 heavy (non-hydrogen) atoms. The number of methoxy groups -OCH3 is 1. The van der Waals surface area contributed by atoms with Crippen molar-refractivity contribution < 1.29 is 4.74 Å². The minimum Gasteiger partial charge on any atom is -0.496 e. The molecule has 0 aromatic rings. The van der Waals surface area contributed by atoms with E-state index in [0.717, 1.165) is 10.2 Å². The Morgan fingerprint density at radius 3 is 2.70 bits per heavy atom. The quantitative estimate of drug-likeness (QED) is 0.702. The summed E-state index contributed by atoms with van der Waals surface area (Å²) in [5, 5.41) is 0. The number of rotatable bonds is 3. The van der Waals surface area contributed by atoms with Crippen molar-refractivity contribution in [2.75, 3.05) is 20.7 Å². The van der Waals surface area contributed by atoms with Crippen LogP contribution in [0.5, 0.6) is 0 Å². The standard InChI is InChI=1S/C17H26BrNO/c1-11-6-7-19(4)16(13(11)3)10-14-9-15(18)17(20-5)8-12(14)2/h8-9,12,14,16H,6-7,10H2,1-5H3. The molecule has 1 aliphatic heterocycles. The summed E-state index contributed by atoms with van der Waals surface area (Å²) < 4.78 is 6.49. The number of hydrogen-bond donors (Lipinski definition) is 0. The molecule has 0 bridgehead atoms. The average Bonchev–Trinajstić information content (AvgIpc) is 2.42. The van der Waals surface area contributed by atoms with E-state index in [0.29, 0.717) is 17.9 Å².